The van der Waals surface area contributed by atoms with E-state index in [1.54, 1.807) is 0 Å². The lowest BCUT2D eigenvalue weighted by Crippen LogP contribution is -2.34. The van der Waals surface area contributed by atoms with E-state index in [9.17, 15) is 13.2 Å². The summed E-state index contributed by atoms with van der Waals surface area (Å²) in [6, 6.07) is 0. The van der Waals surface area contributed by atoms with E-state index in [1.165, 1.54) is 0 Å². The number of rotatable bonds is 5. The molecule has 0 radical (unpaired) electrons. The van der Waals surface area contributed by atoms with Crippen LogP contribution in [0.4, 0.5) is 0 Å². The molecule has 1 aliphatic rings. The summed E-state index contributed by atoms with van der Waals surface area (Å²) in [6.45, 7) is 5.69. The van der Waals surface area contributed by atoms with E-state index in [4.69, 9.17) is 8.92 Å². The van der Waals surface area contributed by atoms with E-state index in [0.29, 0.717) is 25.7 Å². The van der Waals surface area contributed by atoms with Crippen molar-refractivity contribution in [1.82, 2.24) is 0 Å². The molecule has 1 rings (SSSR count). The molecule has 0 amide bonds. The Morgan fingerprint density at radius 2 is 1.63 bits per heavy atom. The Hall–Kier alpha value is -0.620. The number of carbonyl (C=O) groups is 1. The molecule has 0 saturated heterocycles. The van der Waals surface area contributed by atoms with Gasteiger partial charge in [-0.3, -0.25) is 8.98 Å². The molecule has 112 valence electrons. The molecule has 0 aromatic rings. The highest BCUT2D eigenvalue weighted by Crippen LogP contribution is 2.28. The molecule has 0 heterocycles. The minimum atomic E-state index is -3.40. The first kappa shape index (κ1) is 16.4. The van der Waals surface area contributed by atoms with E-state index >= 15 is 0 Å². The Kier molecular flexibility index (Phi) is 5.38. The summed E-state index contributed by atoms with van der Waals surface area (Å²) in [5.41, 5.74) is -0.458. The first-order valence-electron chi connectivity index (χ1n) is 6.73. The fraction of sp³-hybridized carbons (Fsp3) is 0.923. The van der Waals surface area contributed by atoms with Gasteiger partial charge in [-0.05, 0) is 46.0 Å². The SMILES string of the molecule is CCC(C)(C)C(=O)OC1CCC(OS(C)(=O)=O)CC1. The van der Waals surface area contributed by atoms with Crippen LogP contribution in [0, 0.1) is 5.41 Å². The third-order valence-corrected chi connectivity index (χ3v) is 4.26. The van der Waals surface area contributed by atoms with Crippen LogP contribution < -0.4 is 0 Å². The van der Waals surface area contributed by atoms with Gasteiger partial charge in [0.2, 0.25) is 0 Å². The molecule has 5 nitrogen and oxygen atoms in total. The third-order valence-electron chi connectivity index (χ3n) is 3.64. The Morgan fingerprint density at radius 1 is 1.16 bits per heavy atom. The summed E-state index contributed by atoms with van der Waals surface area (Å²) >= 11 is 0. The molecule has 0 unspecified atom stereocenters. The summed E-state index contributed by atoms with van der Waals surface area (Å²) in [5.74, 6) is -0.178. The molecule has 6 heteroatoms. The summed E-state index contributed by atoms with van der Waals surface area (Å²) in [5, 5.41) is 0. The lowest BCUT2D eigenvalue weighted by molar-refractivity contribution is -0.162. The smallest absolute Gasteiger partial charge is 0.311 e. The van der Waals surface area contributed by atoms with Gasteiger partial charge in [-0.25, -0.2) is 0 Å². The average molecular weight is 292 g/mol. The molecule has 1 fully saturated rings. The highest BCUT2D eigenvalue weighted by atomic mass is 32.2. The lowest BCUT2D eigenvalue weighted by atomic mass is 9.90. The van der Waals surface area contributed by atoms with Crippen molar-refractivity contribution in [3.05, 3.63) is 0 Å². The molecule has 19 heavy (non-hydrogen) atoms. The van der Waals surface area contributed by atoms with Crippen molar-refractivity contribution in [2.75, 3.05) is 6.26 Å². The highest BCUT2D eigenvalue weighted by molar-refractivity contribution is 7.86. The summed E-state index contributed by atoms with van der Waals surface area (Å²) in [7, 11) is -3.40. The summed E-state index contributed by atoms with van der Waals surface area (Å²) < 4.78 is 32.5. The maximum absolute atomic E-state index is 11.9. The number of ether oxygens (including phenoxy) is 1. The monoisotopic (exact) mass is 292 g/mol. The van der Waals surface area contributed by atoms with E-state index in [1.807, 2.05) is 20.8 Å². The number of carbonyl (C=O) groups excluding carboxylic acids is 1. The van der Waals surface area contributed by atoms with Gasteiger partial charge in [-0.15, -0.1) is 0 Å². The van der Waals surface area contributed by atoms with Crippen molar-refractivity contribution in [3.63, 3.8) is 0 Å². The van der Waals surface area contributed by atoms with Crippen LogP contribution in [-0.2, 0) is 23.8 Å². The third kappa shape index (κ3) is 5.48. The molecular formula is C13H24O5S. The Morgan fingerprint density at radius 3 is 2.05 bits per heavy atom. The molecule has 1 saturated carbocycles. The van der Waals surface area contributed by atoms with Crippen LogP contribution in [-0.4, -0.2) is 32.9 Å². The molecule has 0 bridgehead atoms. The van der Waals surface area contributed by atoms with Gasteiger partial charge in [0.05, 0.1) is 17.8 Å². The van der Waals surface area contributed by atoms with Crippen LogP contribution in [0.1, 0.15) is 52.9 Å². The quantitative estimate of drug-likeness (QED) is 0.574. The van der Waals surface area contributed by atoms with Crippen LogP contribution in [0.15, 0.2) is 0 Å². The van der Waals surface area contributed by atoms with Crippen LogP contribution in [0.5, 0.6) is 0 Å². The molecule has 0 aliphatic heterocycles. The normalized spacial score (nSPS) is 25.1. The van der Waals surface area contributed by atoms with Gasteiger partial charge in [0.15, 0.2) is 0 Å². The Bertz CT molecular complexity index is 405. The fourth-order valence-corrected chi connectivity index (χ4v) is 2.64. The number of esters is 1. The van der Waals surface area contributed by atoms with Crippen molar-refractivity contribution in [3.8, 4) is 0 Å². The number of hydrogen-bond donors (Lipinski definition) is 0. The van der Waals surface area contributed by atoms with Crippen molar-refractivity contribution < 1.29 is 22.1 Å². The zero-order valence-corrected chi connectivity index (χ0v) is 13.0. The molecular weight excluding hydrogens is 268 g/mol. The highest BCUT2D eigenvalue weighted by Gasteiger charge is 2.32. The van der Waals surface area contributed by atoms with E-state index < -0.39 is 15.5 Å². The zero-order valence-electron chi connectivity index (χ0n) is 12.1. The van der Waals surface area contributed by atoms with E-state index in [2.05, 4.69) is 0 Å². The molecule has 1 aliphatic carbocycles. The van der Waals surface area contributed by atoms with Crippen LogP contribution in [0.2, 0.25) is 0 Å². The van der Waals surface area contributed by atoms with Gasteiger partial charge in [0.25, 0.3) is 10.1 Å². The topological polar surface area (TPSA) is 69.7 Å². The van der Waals surface area contributed by atoms with Crippen LogP contribution in [0.25, 0.3) is 0 Å². The second-order valence-corrected chi connectivity index (χ2v) is 7.44. The van der Waals surface area contributed by atoms with Crippen molar-refractivity contribution in [2.45, 2.75) is 65.1 Å². The van der Waals surface area contributed by atoms with Gasteiger partial charge < -0.3 is 4.74 Å². The van der Waals surface area contributed by atoms with Gasteiger partial charge >= 0.3 is 5.97 Å². The standard InChI is InChI=1S/C13H24O5S/c1-5-13(2,3)12(14)17-10-6-8-11(9-7-10)18-19(4,15)16/h10-11H,5-9H2,1-4H3. The summed E-state index contributed by atoms with van der Waals surface area (Å²) in [4.78, 5) is 11.9. The minimum Gasteiger partial charge on any atom is -0.462 e. The maximum Gasteiger partial charge on any atom is 0.311 e. The summed E-state index contributed by atoms with van der Waals surface area (Å²) in [6.07, 6.45) is 3.94. The molecule has 0 aromatic heterocycles. The van der Waals surface area contributed by atoms with Gasteiger partial charge in [-0.2, -0.15) is 8.42 Å². The van der Waals surface area contributed by atoms with Gasteiger partial charge in [-0.1, -0.05) is 6.92 Å². The van der Waals surface area contributed by atoms with Gasteiger partial charge in [0, 0.05) is 0 Å². The van der Waals surface area contributed by atoms with Crippen molar-refractivity contribution in [1.29, 1.82) is 0 Å². The first-order chi connectivity index (χ1) is 8.64. The van der Waals surface area contributed by atoms with Crippen LogP contribution in [0.3, 0.4) is 0 Å². The molecule has 0 aromatic carbocycles. The minimum absolute atomic E-state index is 0.113. The van der Waals surface area contributed by atoms with Crippen molar-refractivity contribution in [2.24, 2.45) is 5.41 Å². The first-order valence-corrected chi connectivity index (χ1v) is 8.55. The predicted molar refractivity (Wildman–Crippen MR) is 72.1 cm³/mol. The van der Waals surface area contributed by atoms with Crippen LogP contribution >= 0.6 is 0 Å². The Balaban J connectivity index is 2.41. The maximum atomic E-state index is 11.9. The van der Waals surface area contributed by atoms with E-state index in [-0.39, 0.29) is 18.2 Å². The molecule has 0 spiro atoms. The molecule has 0 atom stereocenters. The van der Waals surface area contributed by atoms with Gasteiger partial charge in [0.1, 0.15) is 6.10 Å². The molecule has 0 N–H and O–H groups in total. The lowest BCUT2D eigenvalue weighted by Gasteiger charge is -2.30. The van der Waals surface area contributed by atoms with Crippen molar-refractivity contribution >= 4 is 16.1 Å². The second kappa shape index (κ2) is 6.22. The fourth-order valence-electron chi connectivity index (χ4n) is 1.95. The Labute approximate surface area is 115 Å². The zero-order chi connectivity index (χ0) is 14.7. The largest absolute Gasteiger partial charge is 0.462 e. The number of hydrogen-bond acceptors (Lipinski definition) is 5. The predicted octanol–water partition coefficient (Wildman–Crippen LogP) is 2.25. The van der Waals surface area contributed by atoms with E-state index in [0.717, 1.165) is 12.7 Å². The average Bonchev–Trinajstić information content (AvgIpc) is 2.29. The second-order valence-electron chi connectivity index (χ2n) is 5.84.